The van der Waals surface area contributed by atoms with E-state index in [0.717, 1.165) is 61.8 Å². The Balaban J connectivity index is 1.08. The summed E-state index contributed by atoms with van der Waals surface area (Å²) in [5.41, 5.74) is 23.6. The van der Waals surface area contributed by atoms with Crippen LogP contribution < -0.4 is 26.2 Å². The molecule has 2 aliphatic heterocycles. The lowest BCUT2D eigenvalue weighted by molar-refractivity contribution is 1.22. The van der Waals surface area contributed by atoms with Gasteiger partial charge >= 0.3 is 0 Å². The number of nitrogens with zero attached hydrogens (tertiary/aromatic N) is 4. The Morgan fingerprint density at radius 2 is 0.644 bits per heavy atom. The van der Waals surface area contributed by atoms with E-state index in [9.17, 15) is 0 Å². The molecule has 11 aromatic carbocycles. The van der Waals surface area contributed by atoms with Crippen molar-refractivity contribution in [2.75, 3.05) is 9.80 Å². The average Bonchev–Trinajstić information content (AvgIpc) is 3.47. The number of hydrogen-bond acceptors (Lipinski definition) is 4. The van der Waals surface area contributed by atoms with Gasteiger partial charge in [-0.05, 0) is 115 Å². The lowest BCUT2D eigenvalue weighted by Crippen LogP contribution is -2.61. The van der Waals surface area contributed by atoms with Crippen molar-refractivity contribution in [2.24, 2.45) is 0 Å². The van der Waals surface area contributed by atoms with Crippen molar-refractivity contribution in [3.63, 3.8) is 0 Å². The molecule has 3 heterocycles. The summed E-state index contributed by atoms with van der Waals surface area (Å²) in [4.78, 5) is 15.7. The molecule has 0 fully saturated rings. The van der Waals surface area contributed by atoms with E-state index in [4.69, 9.17) is 9.97 Å². The van der Waals surface area contributed by atoms with Crippen LogP contribution in [0, 0.1) is 0 Å². The van der Waals surface area contributed by atoms with Gasteiger partial charge in [-0.1, -0.05) is 218 Å². The van der Waals surface area contributed by atoms with Crippen LogP contribution in [0.15, 0.2) is 273 Å². The number of hydrogen-bond donors (Lipinski definition) is 0. The Hall–Kier alpha value is -9.58. The van der Waals surface area contributed by atoms with Crippen molar-refractivity contribution in [1.29, 1.82) is 0 Å². The van der Waals surface area contributed by atoms with E-state index in [1.54, 1.807) is 0 Å². The number of para-hydroxylation sites is 1. The summed E-state index contributed by atoms with van der Waals surface area (Å²) in [6.07, 6.45) is 0. The summed E-state index contributed by atoms with van der Waals surface area (Å²) in [5, 5.41) is 0.996. The van der Waals surface area contributed by atoms with Crippen LogP contribution in [0.5, 0.6) is 0 Å². The van der Waals surface area contributed by atoms with Gasteiger partial charge in [0.1, 0.15) is 0 Å². The number of aromatic nitrogens is 2. The first-order chi connectivity index (χ1) is 36.2. The fourth-order valence-electron chi connectivity index (χ4n) is 11.2. The number of fused-ring (bicyclic) bond motifs is 5. The fraction of sp³-hybridized carbons (Fsp3) is 0. The van der Waals surface area contributed by atoms with Gasteiger partial charge in [-0.3, -0.25) is 0 Å². The maximum Gasteiger partial charge on any atom is 0.252 e. The summed E-state index contributed by atoms with van der Waals surface area (Å²) in [5.74, 6) is 0.692. The molecule has 0 amide bonds. The highest BCUT2D eigenvalue weighted by Crippen LogP contribution is 2.48. The lowest BCUT2D eigenvalue weighted by Gasteiger charge is -2.44. The molecular formula is C68H45BN4. The number of anilines is 6. The molecule has 340 valence electrons. The van der Waals surface area contributed by atoms with E-state index in [-0.39, 0.29) is 6.71 Å². The zero-order valence-corrected chi connectivity index (χ0v) is 39.8. The first-order valence-corrected chi connectivity index (χ1v) is 25.0. The highest BCUT2D eigenvalue weighted by atomic mass is 15.2. The summed E-state index contributed by atoms with van der Waals surface area (Å²) < 4.78 is 0. The molecule has 73 heavy (non-hydrogen) atoms. The standard InChI is InChI=1S/C68H45BN4/c1-6-18-46(19-7-1)50-30-36-56(37-31-50)72-62-40-34-53(48-22-10-3-11-23-48)42-59(62)69-60-43-54(49-24-12-4-13-25-49)35-41-63(60)73(57-38-32-51(33-39-57)47-20-8-2-9-21-47)65-45-55(44-64(72)66(65)69)67-58-28-16-17-29-61(58)70-68(71-67)52-26-14-5-15-27-52/h1-45H. The van der Waals surface area contributed by atoms with E-state index in [1.807, 2.05) is 6.07 Å². The Labute approximate surface area is 425 Å². The molecular weight excluding hydrogens is 884 g/mol. The van der Waals surface area contributed by atoms with E-state index >= 15 is 0 Å². The molecule has 2 aliphatic rings. The van der Waals surface area contributed by atoms with Crippen LogP contribution in [-0.4, -0.2) is 16.7 Å². The second-order valence-corrected chi connectivity index (χ2v) is 18.9. The molecule has 14 rings (SSSR count). The first-order valence-electron chi connectivity index (χ1n) is 25.0. The summed E-state index contributed by atoms with van der Waals surface area (Å²) in [6, 6.07) is 98.8. The topological polar surface area (TPSA) is 32.3 Å². The van der Waals surface area contributed by atoms with Gasteiger partial charge in [-0.25, -0.2) is 9.97 Å². The van der Waals surface area contributed by atoms with Gasteiger partial charge < -0.3 is 9.80 Å². The fourth-order valence-corrected chi connectivity index (χ4v) is 11.2. The van der Waals surface area contributed by atoms with Gasteiger partial charge in [0.2, 0.25) is 0 Å². The predicted molar refractivity (Wildman–Crippen MR) is 306 cm³/mol. The van der Waals surface area contributed by atoms with Crippen LogP contribution >= 0.6 is 0 Å². The zero-order chi connectivity index (χ0) is 48.2. The van der Waals surface area contributed by atoms with Crippen LogP contribution in [0.3, 0.4) is 0 Å². The van der Waals surface area contributed by atoms with E-state index in [2.05, 4.69) is 277 Å². The molecule has 0 saturated heterocycles. The minimum atomic E-state index is -0.127. The molecule has 0 spiro atoms. The second kappa shape index (κ2) is 17.7. The minimum absolute atomic E-state index is 0.127. The van der Waals surface area contributed by atoms with Crippen molar-refractivity contribution < 1.29 is 0 Å². The van der Waals surface area contributed by atoms with Gasteiger partial charge in [0.15, 0.2) is 5.82 Å². The van der Waals surface area contributed by atoms with Crippen LogP contribution in [0.4, 0.5) is 34.1 Å². The third-order valence-electron chi connectivity index (χ3n) is 14.7. The smallest absolute Gasteiger partial charge is 0.252 e. The van der Waals surface area contributed by atoms with Crippen molar-refractivity contribution in [1.82, 2.24) is 9.97 Å². The maximum absolute atomic E-state index is 5.52. The van der Waals surface area contributed by atoms with Gasteiger partial charge in [0.05, 0.1) is 11.2 Å². The van der Waals surface area contributed by atoms with Gasteiger partial charge in [0, 0.05) is 50.6 Å². The largest absolute Gasteiger partial charge is 0.311 e. The van der Waals surface area contributed by atoms with E-state index in [1.165, 1.54) is 60.9 Å². The van der Waals surface area contributed by atoms with Crippen molar-refractivity contribution in [3.05, 3.63) is 273 Å². The first kappa shape index (κ1) is 42.3. The molecule has 0 unspecified atom stereocenters. The summed E-state index contributed by atoms with van der Waals surface area (Å²) in [6.45, 7) is -0.127. The third kappa shape index (κ3) is 7.41. The van der Waals surface area contributed by atoms with E-state index in [0.29, 0.717) is 5.82 Å². The Bertz CT molecular complexity index is 3800. The maximum atomic E-state index is 5.52. The van der Waals surface area contributed by atoms with Crippen LogP contribution in [0.1, 0.15) is 0 Å². The van der Waals surface area contributed by atoms with Gasteiger partial charge in [-0.2, -0.15) is 0 Å². The van der Waals surface area contributed by atoms with E-state index < -0.39 is 0 Å². The molecule has 1 aromatic heterocycles. The SMILES string of the molecule is c1ccc(-c2ccc(N3c4ccc(-c5ccccc5)cc4B4c5cc(-c6ccccc6)ccc5N(c5ccc(-c6ccccc6)cc5)c5cc(-c6nc(-c7ccccc7)nc7ccccc67)cc3c54)cc2)cc1. The normalized spacial score (nSPS) is 12.3. The van der Waals surface area contributed by atoms with Crippen LogP contribution in [0.25, 0.3) is 78.1 Å². The summed E-state index contributed by atoms with van der Waals surface area (Å²) >= 11 is 0. The highest BCUT2D eigenvalue weighted by molar-refractivity contribution is 7.00. The molecule has 0 aliphatic carbocycles. The zero-order valence-electron chi connectivity index (χ0n) is 39.8. The molecule has 0 saturated carbocycles. The predicted octanol–water partition coefficient (Wildman–Crippen LogP) is 15.7. The molecule has 12 aromatic rings. The Morgan fingerprint density at radius 1 is 0.274 bits per heavy atom. The third-order valence-corrected chi connectivity index (χ3v) is 14.7. The van der Waals surface area contributed by atoms with Crippen molar-refractivity contribution >= 4 is 68.1 Å². The number of rotatable bonds is 8. The average molecular weight is 929 g/mol. The van der Waals surface area contributed by atoms with Crippen molar-refractivity contribution in [2.45, 2.75) is 0 Å². The van der Waals surface area contributed by atoms with Gasteiger partial charge in [0.25, 0.3) is 6.71 Å². The lowest BCUT2D eigenvalue weighted by atomic mass is 9.33. The second-order valence-electron chi connectivity index (χ2n) is 18.9. The van der Waals surface area contributed by atoms with Crippen LogP contribution in [-0.2, 0) is 0 Å². The molecule has 0 atom stereocenters. The summed E-state index contributed by atoms with van der Waals surface area (Å²) in [7, 11) is 0. The van der Waals surface area contributed by atoms with Crippen molar-refractivity contribution in [3.8, 4) is 67.2 Å². The van der Waals surface area contributed by atoms with Crippen LogP contribution in [0.2, 0.25) is 0 Å². The quantitative estimate of drug-likeness (QED) is 0.142. The highest BCUT2D eigenvalue weighted by Gasteiger charge is 2.44. The van der Waals surface area contributed by atoms with Gasteiger partial charge in [-0.15, -0.1) is 0 Å². The Kier molecular flexibility index (Phi) is 10.2. The monoisotopic (exact) mass is 928 g/mol. The molecule has 0 radical (unpaired) electrons. The number of benzene rings is 11. The Morgan fingerprint density at radius 3 is 1.10 bits per heavy atom. The molecule has 5 heteroatoms. The molecule has 0 N–H and O–H groups in total. The molecule has 0 bridgehead atoms. The molecule has 4 nitrogen and oxygen atoms in total. The minimum Gasteiger partial charge on any atom is -0.311 e.